The predicted molar refractivity (Wildman–Crippen MR) is 77.6 cm³/mol. The molecular weight excluding hydrogens is 298 g/mol. The molecule has 1 aromatic heterocycles. The van der Waals surface area contributed by atoms with Crippen LogP contribution in [0, 0.1) is 0 Å². The van der Waals surface area contributed by atoms with Crippen molar-refractivity contribution in [2.75, 3.05) is 19.5 Å². The summed E-state index contributed by atoms with van der Waals surface area (Å²) in [6, 6.07) is 4.78. The van der Waals surface area contributed by atoms with Crippen molar-refractivity contribution in [1.82, 2.24) is 0 Å². The van der Waals surface area contributed by atoms with Crippen LogP contribution in [0.4, 0.5) is 5.69 Å². The van der Waals surface area contributed by atoms with Crippen molar-refractivity contribution in [2.45, 2.75) is 6.54 Å². The Hall–Kier alpha value is -2.34. The van der Waals surface area contributed by atoms with E-state index in [1.807, 2.05) is 0 Å². The number of carboxylic acid groups (broad SMARTS) is 1. The summed E-state index contributed by atoms with van der Waals surface area (Å²) in [4.78, 5) is 10.8. The third-order valence-corrected chi connectivity index (χ3v) is 3.12. The standard InChI is InChI=1S/C14H14ClNO5/c1-19-12-5-13(20-2)11(4-10(12)15)16-6-9-3-8(7-21-9)14(17)18/h3-5,7,16H,6H2,1-2H3,(H,17,18). The molecule has 112 valence electrons. The van der Waals surface area contributed by atoms with Gasteiger partial charge in [0.15, 0.2) is 0 Å². The molecule has 0 aliphatic carbocycles. The van der Waals surface area contributed by atoms with Crippen molar-refractivity contribution >= 4 is 23.3 Å². The monoisotopic (exact) mass is 311 g/mol. The Morgan fingerprint density at radius 1 is 1.29 bits per heavy atom. The first-order valence-electron chi connectivity index (χ1n) is 6.01. The van der Waals surface area contributed by atoms with E-state index in [0.717, 1.165) is 0 Å². The molecule has 0 unspecified atom stereocenters. The number of furan rings is 1. The van der Waals surface area contributed by atoms with Crippen molar-refractivity contribution in [3.8, 4) is 11.5 Å². The minimum atomic E-state index is -1.03. The first-order valence-corrected chi connectivity index (χ1v) is 6.39. The average molecular weight is 312 g/mol. The number of halogens is 1. The van der Waals surface area contributed by atoms with Crippen molar-refractivity contribution in [3.05, 3.63) is 40.8 Å². The zero-order valence-electron chi connectivity index (χ0n) is 11.5. The molecule has 0 aliphatic heterocycles. The summed E-state index contributed by atoms with van der Waals surface area (Å²) in [5.41, 5.74) is 0.753. The van der Waals surface area contributed by atoms with Gasteiger partial charge in [-0.1, -0.05) is 11.6 Å². The molecule has 1 aromatic carbocycles. The fourth-order valence-corrected chi connectivity index (χ4v) is 2.01. The Labute approximate surface area is 126 Å². The Morgan fingerprint density at radius 3 is 2.57 bits per heavy atom. The third-order valence-electron chi connectivity index (χ3n) is 2.83. The smallest absolute Gasteiger partial charge is 0.338 e. The van der Waals surface area contributed by atoms with Gasteiger partial charge >= 0.3 is 5.97 Å². The van der Waals surface area contributed by atoms with Crippen LogP contribution in [0.1, 0.15) is 16.1 Å². The number of carboxylic acids is 1. The van der Waals surface area contributed by atoms with Gasteiger partial charge in [-0.3, -0.25) is 0 Å². The van der Waals surface area contributed by atoms with Gasteiger partial charge in [-0.25, -0.2) is 4.79 Å². The number of benzene rings is 1. The maximum atomic E-state index is 10.8. The molecule has 0 atom stereocenters. The van der Waals surface area contributed by atoms with Gasteiger partial charge in [0.05, 0.1) is 37.0 Å². The highest BCUT2D eigenvalue weighted by molar-refractivity contribution is 6.32. The van der Waals surface area contributed by atoms with Gasteiger partial charge in [0.1, 0.15) is 23.5 Å². The van der Waals surface area contributed by atoms with Gasteiger partial charge in [0, 0.05) is 6.07 Å². The number of ether oxygens (including phenoxy) is 2. The molecule has 6 nitrogen and oxygen atoms in total. The van der Waals surface area contributed by atoms with Crippen molar-refractivity contribution in [3.63, 3.8) is 0 Å². The Morgan fingerprint density at radius 2 is 2.00 bits per heavy atom. The van der Waals surface area contributed by atoms with Crippen LogP contribution in [0.25, 0.3) is 0 Å². The molecule has 21 heavy (non-hydrogen) atoms. The van der Waals surface area contributed by atoms with E-state index < -0.39 is 5.97 Å². The van der Waals surface area contributed by atoms with E-state index in [2.05, 4.69) is 5.32 Å². The highest BCUT2D eigenvalue weighted by atomic mass is 35.5. The number of methoxy groups -OCH3 is 2. The molecule has 0 radical (unpaired) electrons. The number of hydrogen-bond donors (Lipinski definition) is 2. The fourth-order valence-electron chi connectivity index (χ4n) is 1.77. The van der Waals surface area contributed by atoms with E-state index in [0.29, 0.717) is 34.5 Å². The van der Waals surface area contributed by atoms with Crippen molar-refractivity contribution in [2.24, 2.45) is 0 Å². The number of hydrogen-bond acceptors (Lipinski definition) is 5. The second kappa shape index (κ2) is 6.41. The number of anilines is 1. The SMILES string of the molecule is COc1cc(OC)c(NCc2cc(C(=O)O)co2)cc1Cl. The Kier molecular flexibility index (Phi) is 4.59. The molecule has 2 N–H and O–H groups in total. The lowest BCUT2D eigenvalue weighted by Crippen LogP contribution is -2.01. The van der Waals surface area contributed by atoms with E-state index in [4.69, 9.17) is 30.6 Å². The predicted octanol–water partition coefficient (Wildman–Crippen LogP) is 3.26. The largest absolute Gasteiger partial charge is 0.495 e. The minimum Gasteiger partial charge on any atom is -0.495 e. The summed E-state index contributed by atoms with van der Waals surface area (Å²) in [6.45, 7) is 0.298. The van der Waals surface area contributed by atoms with Crippen molar-refractivity contribution < 1.29 is 23.8 Å². The van der Waals surface area contributed by atoms with Crippen molar-refractivity contribution in [1.29, 1.82) is 0 Å². The first-order chi connectivity index (χ1) is 10.0. The molecule has 0 saturated carbocycles. The minimum absolute atomic E-state index is 0.103. The topological polar surface area (TPSA) is 80.9 Å². The molecule has 0 fully saturated rings. The lowest BCUT2D eigenvalue weighted by Gasteiger charge is -2.13. The van der Waals surface area contributed by atoms with Gasteiger partial charge in [-0.2, -0.15) is 0 Å². The highest BCUT2D eigenvalue weighted by Crippen LogP contribution is 2.36. The number of aromatic carboxylic acids is 1. The summed E-state index contributed by atoms with van der Waals surface area (Å²) in [6.07, 6.45) is 1.19. The van der Waals surface area contributed by atoms with Crippen LogP contribution < -0.4 is 14.8 Å². The lowest BCUT2D eigenvalue weighted by atomic mass is 10.2. The molecule has 0 amide bonds. The summed E-state index contributed by atoms with van der Waals surface area (Å²) >= 11 is 6.06. The van der Waals surface area contributed by atoms with Crippen LogP contribution in [-0.4, -0.2) is 25.3 Å². The average Bonchev–Trinajstić information content (AvgIpc) is 2.94. The number of carbonyl (C=O) groups is 1. The fraction of sp³-hybridized carbons (Fsp3) is 0.214. The summed E-state index contributed by atoms with van der Waals surface area (Å²) < 4.78 is 15.5. The Bertz CT molecular complexity index is 653. The normalized spacial score (nSPS) is 10.2. The van der Waals surface area contributed by atoms with Gasteiger partial charge in [0.2, 0.25) is 0 Å². The van der Waals surface area contributed by atoms with E-state index in [-0.39, 0.29) is 5.56 Å². The number of nitrogens with one attached hydrogen (secondary N) is 1. The van der Waals surface area contributed by atoms with Gasteiger partial charge in [-0.15, -0.1) is 0 Å². The zero-order chi connectivity index (χ0) is 15.4. The molecule has 0 aliphatic rings. The van der Waals surface area contributed by atoms with Crippen LogP contribution in [-0.2, 0) is 6.54 Å². The summed E-state index contributed by atoms with van der Waals surface area (Å²) in [5.74, 6) is 0.517. The van der Waals surface area contributed by atoms with Crippen LogP contribution in [0.15, 0.2) is 28.9 Å². The quantitative estimate of drug-likeness (QED) is 0.852. The molecule has 0 bridgehead atoms. The molecular formula is C14H14ClNO5. The third kappa shape index (κ3) is 3.41. The molecule has 1 heterocycles. The van der Waals surface area contributed by atoms with E-state index in [9.17, 15) is 4.79 Å². The second-order valence-electron chi connectivity index (χ2n) is 4.15. The summed E-state index contributed by atoms with van der Waals surface area (Å²) in [5, 5.41) is 12.3. The zero-order valence-corrected chi connectivity index (χ0v) is 12.2. The maximum Gasteiger partial charge on any atom is 0.338 e. The highest BCUT2D eigenvalue weighted by Gasteiger charge is 2.12. The molecule has 0 spiro atoms. The molecule has 0 saturated heterocycles. The lowest BCUT2D eigenvalue weighted by molar-refractivity contribution is 0.0696. The summed E-state index contributed by atoms with van der Waals surface area (Å²) in [7, 11) is 3.05. The molecule has 2 aromatic rings. The molecule has 2 rings (SSSR count). The number of rotatable bonds is 6. The van der Waals surface area contributed by atoms with Gasteiger partial charge < -0.3 is 24.3 Å². The van der Waals surface area contributed by atoms with Crippen LogP contribution >= 0.6 is 11.6 Å². The van der Waals surface area contributed by atoms with E-state index in [1.165, 1.54) is 26.5 Å². The van der Waals surface area contributed by atoms with Crippen LogP contribution in [0.3, 0.4) is 0 Å². The Balaban J connectivity index is 2.15. The van der Waals surface area contributed by atoms with E-state index in [1.54, 1.807) is 12.1 Å². The van der Waals surface area contributed by atoms with Gasteiger partial charge in [-0.05, 0) is 12.1 Å². The van der Waals surface area contributed by atoms with E-state index >= 15 is 0 Å². The maximum absolute atomic E-state index is 10.8. The first kappa shape index (κ1) is 15.1. The van der Waals surface area contributed by atoms with Gasteiger partial charge in [0.25, 0.3) is 0 Å². The second-order valence-corrected chi connectivity index (χ2v) is 4.55. The van der Waals surface area contributed by atoms with Crippen LogP contribution in [0.2, 0.25) is 5.02 Å². The molecule has 7 heteroatoms. The van der Waals surface area contributed by atoms with Crippen LogP contribution in [0.5, 0.6) is 11.5 Å².